The summed E-state index contributed by atoms with van der Waals surface area (Å²) < 4.78 is 0. The van der Waals surface area contributed by atoms with Gasteiger partial charge in [-0.25, -0.2) is 4.98 Å². The molecule has 3 nitrogen and oxygen atoms in total. The molecule has 1 aromatic rings. The van der Waals surface area contributed by atoms with E-state index in [0.29, 0.717) is 6.04 Å². The number of aromatic nitrogens is 1. The Balaban J connectivity index is 2.20. The summed E-state index contributed by atoms with van der Waals surface area (Å²) in [6, 6.07) is 3.04. The number of anilines is 1. The van der Waals surface area contributed by atoms with Crippen molar-refractivity contribution in [1.82, 2.24) is 4.98 Å². The van der Waals surface area contributed by atoms with Crippen molar-refractivity contribution in [3.05, 3.63) is 23.4 Å². The third kappa shape index (κ3) is 3.47. The van der Waals surface area contributed by atoms with Gasteiger partial charge in [0.1, 0.15) is 5.82 Å². The molecule has 0 amide bonds. The summed E-state index contributed by atoms with van der Waals surface area (Å²) >= 11 is 0. The molecule has 1 aliphatic rings. The van der Waals surface area contributed by atoms with E-state index in [1.54, 1.807) is 0 Å². The van der Waals surface area contributed by atoms with Crippen molar-refractivity contribution in [2.24, 2.45) is 11.7 Å². The predicted molar refractivity (Wildman–Crippen MR) is 81.5 cm³/mol. The van der Waals surface area contributed by atoms with E-state index in [4.69, 9.17) is 10.7 Å². The Morgan fingerprint density at radius 2 is 2.16 bits per heavy atom. The highest BCUT2D eigenvalue weighted by molar-refractivity contribution is 5.48. The molecule has 1 fully saturated rings. The Hall–Kier alpha value is -1.09. The molecule has 19 heavy (non-hydrogen) atoms. The zero-order valence-electron chi connectivity index (χ0n) is 12.7. The van der Waals surface area contributed by atoms with Gasteiger partial charge in [0.2, 0.25) is 0 Å². The fourth-order valence-corrected chi connectivity index (χ4v) is 2.99. The normalized spacial score (nSPS) is 25.4. The minimum atomic E-state index is 0.195. The van der Waals surface area contributed by atoms with Crippen molar-refractivity contribution in [2.75, 3.05) is 11.4 Å². The van der Waals surface area contributed by atoms with Crippen LogP contribution in [0.4, 0.5) is 5.82 Å². The number of nitrogens with zero attached hydrogens (tertiary/aromatic N) is 2. The van der Waals surface area contributed by atoms with Crippen LogP contribution in [-0.2, 0) is 6.42 Å². The largest absolute Gasteiger partial charge is 0.353 e. The van der Waals surface area contributed by atoms with Gasteiger partial charge in [0.25, 0.3) is 0 Å². The maximum absolute atomic E-state index is 5.86. The van der Waals surface area contributed by atoms with Gasteiger partial charge in [0.05, 0.1) is 0 Å². The van der Waals surface area contributed by atoms with Crippen molar-refractivity contribution < 1.29 is 0 Å². The number of pyridine rings is 1. The lowest BCUT2D eigenvalue weighted by atomic mass is 9.94. The van der Waals surface area contributed by atoms with Crippen LogP contribution in [0.2, 0.25) is 0 Å². The van der Waals surface area contributed by atoms with Crippen LogP contribution in [0, 0.1) is 12.8 Å². The fraction of sp³-hybridized carbons (Fsp3) is 0.688. The van der Waals surface area contributed by atoms with E-state index in [1.165, 1.54) is 24.0 Å². The minimum Gasteiger partial charge on any atom is -0.353 e. The first-order valence-electron chi connectivity index (χ1n) is 7.45. The van der Waals surface area contributed by atoms with Gasteiger partial charge in [-0.15, -0.1) is 0 Å². The molecule has 2 N–H and O–H groups in total. The topological polar surface area (TPSA) is 42.1 Å². The van der Waals surface area contributed by atoms with E-state index in [0.717, 1.165) is 24.7 Å². The van der Waals surface area contributed by atoms with Gasteiger partial charge in [-0.2, -0.15) is 0 Å². The molecule has 3 heteroatoms. The Morgan fingerprint density at radius 1 is 1.42 bits per heavy atom. The molecule has 1 saturated heterocycles. The van der Waals surface area contributed by atoms with Gasteiger partial charge in [0.15, 0.2) is 0 Å². The lowest BCUT2D eigenvalue weighted by Crippen LogP contribution is -2.42. The third-order valence-corrected chi connectivity index (χ3v) is 4.05. The molecular weight excluding hydrogens is 234 g/mol. The molecule has 0 spiro atoms. The highest BCUT2D eigenvalue weighted by Gasteiger charge is 2.24. The molecule has 0 saturated carbocycles. The van der Waals surface area contributed by atoms with Crippen molar-refractivity contribution in [1.29, 1.82) is 0 Å². The summed E-state index contributed by atoms with van der Waals surface area (Å²) in [6.07, 6.45) is 5.50. The first-order valence-corrected chi connectivity index (χ1v) is 7.45. The number of hydrogen-bond acceptors (Lipinski definition) is 3. The first kappa shape index (κ1) is 14.3. The average Bonchev–Trinajstić information content (AvgIpc) is 2.32. The molecule has 1 aliphatic heterocycles. The van der Waals surface area contributed by atoms with E-state index < -0.39 is 0 Å². The molecule has 0 aliphatic carbocycles. The van der Waals surface area contributed by atoms with Gasteiger partial charge in [0, 0.05) is 24.8 Å². The van der Waals surface area contributed by atoms with Crippen LogP contribution >= 0.6 is 0 Å². The van der Waals surface area contributed by atoms with Crippen LogP contribution < -0.4 is 10.6 Å². The number of rotatable bonds is 3. The highest BCUT2D eigenvalue weighted by Crippen LogP contribution is 2.28. The van der Waals surface area contributed by atoms with Crippen LogP contribution in [-0.4, -0.2) is 23.6 Å². The summed E-state index contributed by atoms with van der Waals surface area (Å²) in [4.78, 5) is 7.18. The SMILES string of the molecule is Cc1cc(CC(C)N)cnc1N1CC(C)CCC1C. The van der Waals surface area contributed by atoms with Crippen molar-refractivity contribution in [3.63, 3.8) is 0 Å². The quantitative estimate of drug-likeness (QED) is 0.909. The van der Waals surface area contributed by atoms with Crippen molar-refractivity contribution in [2.45, 2.75) is 59.0 Å². The summed E-state index contributed by atoms with van der Waals surface area (Å²) in [5, 5.41) is 0. The summed E-state index contributed by atoms with van der Waals surface area (Å²) in [6.45, 7) is 9.97. The van der Waals surface area contributed by atoms with Crippen LogP contribution in [0.1, 0.15) is 44.7 Å². The molecule has 0 aromatic carbocycles. The molecule has 0 bridgehead atoms. The second-order valence-electron chi connectivity index (χ2n) is 6.35. The number of nitrogens with two attached hydrogens (primary N) is 1. The van der Waals surface area contributed by atoms with Gasteiger partial charge >= 0.3 is 0 Å². The van der Waals surface area contributed by atoms with Crippen LogP contribution in [0.15, 0.2) is 12.3 Å². The van der Waals surface area contributed by atoms with E-state index in [2.05, 4.69) is 31.7 Å². The molecule has 2 rings (SSSR count). The second-order valence-corrected chi connectivity index (χ2v) is 6.35. The average molecular weight is 261 g/mol. The Kier molecular flexibility index (Phi) is 4.46. The third-order valence-electron chi connectivity index (χ3n) is 4.05. The first-order chi connectivity index (χ1) is 8.97. The monoisotopic (exact) mass is 261 g/mol. The lowest BCUT2D eigenvalue weighted by molar-refractivity contribution is 0.387. The highest BCUT2D eigenvalue weighted by atomic mass is 15.2. The summed E-state index contributed by atoms with van der Waals surface area (Å²) in [5.74, 6) is 1.92. The van der Waals surface area contributed by atoms with Crippen LogP contribution in [0.25, 0.3) is 0 Å². The standard InChI is InChI=1S/C16H27N3/c1-11-5-6-14(4)19(10-11)16-12(2)7-15(9-18-16)8-13(3)17/h7,9,11,13-14H,5-6,8,10,17H2,1-4H3. The van der Waals surface area contributed by atoms with E-state index >= 15 is 0 Å². The number of aryl methyl sites for hydroxylation is 1. The zero-order chi connectivity index (χ0) is 14.0. The Bertz CT molecular complexity index is 428. The van der Waals surface area contributed by atoms with Gasteiger partial charge < -0.3 is 10.6 Å². The summed E-state index contributed by atoms with van der Waals surface area (Å²) in [5.41, 5.74) is 8.38. The second kappa shape index (κ2) is 5.91. The summed E-state index contributed by atoms with van der Waals surface area (Å²) in [7, 11) is 0. The van der Waals surface area contributed by atoms with Crippen LogP contribution in [0.3, 0.4) is 0 Å². The minimum absolute atomic E-state index is 0.195. The smallest absolute Gasteiger partial charge is 0.131 e. The molecule has 106 valence electrons. The van der Waals surface area contributed by atoms with Crippen molar-refractivity contribution in [3.8, 4) is 0 Å². The Morgan fingerprint density at radius 3 is 2.79 bits per heavy atom. The van der Waals surface area contributed by atoms with E-state index in [-0.39, 0.29) is 6.04 Å². The van der Waals surface area contributed by atoms with Gasteiger partial charge in [-0.3, -0.25) is 0 Å². The molecule has 2 heterocycles. The zero-order valence-corrected chi connectivity index (χ0v) is 12.7. The Labute approximate surface area is 117 Å². The van der Waals surface area contributed by atoms with Gasteiger partial charge in [-0.1, -0.05) is 13.0 Å². The number of piperidine rings is 1. The number of hydrogen-bond donors (Lipinski definition) is 1. The maximum Gasteiger partial charge on any atom is 0.131 e. The molecule has 0 radical (unpaired) electrons. The van der Waals surface area contributed by atoms with Crippen molar-refractivity contribution >= 4 is 5.82 Å². The van der Waals surface area contributed by atoms with E-state index in [1.807, 2.05) is 13.1 Å². The molecule has 3 unspecified atom stereocenters. The maximum atomic E-state index is 5.86. The molecule has 3 atom stereocenters. The van der Waals surface area contributed by atoms with E-state index in [9.17, 15) is 0 Å². The lowest BCUT2D eigenvalue weighted by Gasteiger charge is -2.38. The predicted octanol–water partition coefficient (Wildman–Crippen LogP) is 2.90. The fourth-order valence-electron chi connectivity index (χ4n) is 2.99. The molecular formula is C16H27N3. The molecule has 1 aromatic heterocycles. The van der Waals surface area contributed by atoms with Gasteiger partial charge in [-0.05, 0) is 57.1 Å². The van der Waals surface area contributed by atoms with Crippen LogP contribution in [0.5, 0.6) is 0 Å².